The molecule has 0 saturated carbocycles. The van der Waals surface area contributed by atoms with Gasteiger partial charge < -0.3 is 5.32 Å². The smallest absolute Gasteiger partial charge is 0.0387 e. The zero-order valence-corrected chi connectivity index (χ0v) is 20.7. The van der Waals surface area contributed by atoms with E-state index in [1.54, 1.807) is 0 Å². The Morgan fingerprint density at radius 3 is 1.91 bits per heavy atom. The van der Waals surface area contributed by atoms with Crippen molar-refractivity contribution in [3.63, 3.8) is 0 Å². The lowest BCUT2D eigenvalue weighted by atomic mass is 9.78. The molecule has 0 unspecified atom stereocenters. The third-order valence-corrected chi connectivity index (χ3v) is 8.39. The summed E-state index contributed by atoms with van der Waals surface area (Å²) >= 11 is 0. The lowest BCUT2D eigenvalue weighted by Crippen LogP contribution is -2.17. The fraction of sp³-hybridized carbons (Fsp3) is 0.176. The lowest BCUT2D eigenvalue weighted by molar-refractivity contribution is 0.654. The van der Waals surface area contributed by atoms with Crippen LogP contribution in [0.25, 0.3) is 33.0 Å². The molecule has 1 heteroatoms. The van der Waals surface area contributed by atoms with Crippen LogP contribution in [0.15, 0.2) is 97.1 Å². The van der Waals surface area contributed by atoms with Gasteiger partial charge in [0.25, 0.3) is 0 Å². The van der Waals surface area contributed by atoms with Gasteiger partial charge in [-0.05, 0) is 91.7 Å². The number of fused-ring (bicyclic) bond motifs is 8. The first kappa shape index (κ1) is 20.5. The topological polar surface area (TPSA) is 12.0 Å². The molecule has 2 aliphatic carbocycles. The van der Waals surface area contributed by atoms with E-state index in [2.05, 4.69) is 130 Å². The van der Waals surface area contributed by atoms with Crippen LogP contribution in [-0.2, 0) is 10.8 Å². The summed E-state index contributed by atoms with van der Waals surface area (Å²) in [5.41, 5.74) is 13.4. The number of benzene rings is 5. The third-order valence-electron chi connectivity index (χ3n) is 8.39. The molecule has 0 amide bonds. The van der Waals surface area contributed by atoms with Crippen molar-refractivity contribution in [2.75, 3.05) is 5.32 Å². The second kappa shape index (κ2) is 6.86. The highest BCUT2D eigenvalue weighted by Gasteiger charge is 2.42. The quantitative estimate of drug-likeness (QED) is 0.282. The van der Waals surface area contributed by atoms with Crippen molar-refractivity contribution in [2.45, 2.75) is 38.5 Å². The molecule has 170 valence electrons. The largest absolute Gasteiger partial charge is 0.356 e. The van der Waals surface area contributed by atoms with Crippen LogP contribution in [-0.4, -0.2) is 0 Å². The van der Waals surface area contributed by atoms with E-state index in [0.29, 0.717) is 0 Å². The molecule has 0 radical (unpaired) electrons. The molecular formula is C34H29N. The van der Waals surface area contributed by atoms with Gasteiger partial charge in [-0.25, -0.2) is 0 Å². The molecule has 0 aliphatic heterocycles. The van der Waals surface area contributed by atoms with Crippen LogP contribution >= 0.6 is 0 Å². The van der Waals surface area contributed by atoms with Gasteiger partial charge in [0.15, 0.2) is 0 Å². The number of rotatable bonds is 2. The molecule has 5 aromatic carbocycles. The highest BCUT2D eigenvalue weighted by atomic mass is 14.9. The summed E-state index contributed by atoms with van der Waals surface area (Å²) in [7, 11) is 0. The van der Waals surface area contributed by atoms with E-state index in [9.17, 15) is 0 Å². The molecule has 0 fully saturated rings. The summed E-state index contributed by atoms with van der Waals surface area (Å²) in [4.78, 5) is 0. The van der Waals surface area contributed by atoms with Crippen LogP contribution in [0.5, 0.6) is 0 Å². The van der Waals surface area contributed by atoms with E-state index in [1.165, 1.54) is 55.3 Å². The maximum absolute atomic E-state index is 3.59. The average Bonchev–Trinajstić information content (AvgIpc) is 3.23. The maximum atomic E-state index is 3.59. The summed E-state index contributed by atoms with van der Waals surface area (Å²) in [5, 5.41) is 6.29. The molecule has 0 atom stereocenters. The lowest BCUT2D eigenvalue weighted by Gasteiger charge is -2.25. The van der Waals surface area contributed by atoms with Gasteiger partial charge in [-0.2, -0.15) is 0 Å². The van der Waals surface area contributed by atoms with Gasteiger partial charge in [0.05, 0.1) is 0 Å². The van der Waals surface area contributed by atoms with Crippen molar-refractivity contribution in [2.24, 2.45) is 0 Å². The standard InChI is InChI=1S/C34H29N/c1-33(2)29-18-23(35-22-11-6-5-7-12-22)15-17-25(29)27-19-31-28(20-30(27)33)26-16-14-21-10-8-9-13-24(21)32(26)34(31,3)4/h5-20,35H,1-4H3. The van der Waals surface area contributed by atoms with Crippen molar-refractivity contribution in [1.29, 1.82) is 0 Å². The van der Waals surface area contributed by atoms with E-state index in [-0.39, 0.29) is 10.8 Å². The summed E-state index contributed by atoms with van der Waals surface area (Å²) in [6.45, 7) is 9.53. The molecular weight excluding hydrogens is 422 g/mol. The van der Waals surface area contributed by atoms with Crippen molar-refractivity contribution < 1.29 is 0 Å². The van der Waals surface area contributed by atoms with Crippen molar-refractivity contribution in [3.05, 3.63) is 119 Å². The third kappa shape index (κ3) is 2.76. The summed E-state index contributed by atoms with van der Waals surface area (Å²) < 4.78 is 0. The molecule has 1 N–H and O–H groups in total. The molecule has 0 aromatic heterocycles. The molecule has 7 rings (SSSR count). The Labute approximate surface area is 207 Å². The number of para-hydroxylation sites is 1. The molecule has 35 heavy (non-hydrogen) atoms. The van der Waals surface area contributed by atoms with Gasteiger partial charge in [0.1, 0.15) is 0 Å². The van der Waals surface area contributed by atoms with Gasteiger partial charge in [0.2, 0.25) is 0 Å². The Morgan fingerprint density at radius 2 is 1.11 bits per heavy atom. The second-order valence-electron chi connectivity index (χ2n) is 11.2. The van der Waals surface area contributed by atoms with E-state index < -0.39 is 0 Å². The first-order chi connectivity index (χ1) is 16.9. The highest BCUT2D eigenvalue weighted by molar-refractivity contribution is 5.99. The first-order valence-electron chi connectivity index (χ1n) is 12.5. The van der Waals surface area contributed by atoms with Crippen LogP contribution in [0, 0.1) is 0 Å². The molecule has 0 heterocycles. The van der Waals surface area contributed by atoms with Crippen LogP contribution in [0.3, 0.4) is 0 Å². The minimum Gasteiger partial charge on any atom is -0.356 e. The zero-order valence-electron chi connectivity index (χ0n) is 20.7. The fourth-order valence-electron chi connectivity index (χ4n) is 6.59. The van der Waals surface area contributed by atoms with Gasteiger partial charge in [-0.3, -0.25) is 0 Å². The Hall–Kier alpha value is -3.84. The molecule has 5 aromatic rings. The van der Waals surface area contributed by atoms with E-state index in [0.717, 1.165) is 11.4 Å². The number of hydrogen-bond acceptors (Lipinski definition) is 1. The molecule has 0 spiro atoms. The summed E-state index contributed by atoms with van der Waals surface area (Å²) in [6.07, 6.45) is 0. The van der Waals surface area contributed by atoms with E-state index >= 15 is 0 Å². The first-order valence-corrected chi connectivity index (χ1v) is 12.5. The monoisotopic (exact) mass is 451 g/mol. The van der Waals surface area contributed by atoms with Crippen molar-refractivity contribution >= 4 is 22.1 Å². The van der Waals surface area contributed by atoms with Crippen molar-refractivity contribution in [1.82, 2.24) is 0 Å². The SMILES string of the molecule is CC1(C)c2cc(Nc3ccccc3)ccc2-c2cc3c(cc21)-c1ccc2ccccc2c1C3(C)C. The van der Waals surface area contributed by atoms with Crippen LogP contribution in [0.1, 0.15) is 49.9 Å². The molecule has 1 nitrogen and oxygen atoms in total. The van der Waals surface area contributed by atoms with E-state index in [1.807, 2.05) is 0 Å². The minimum absolute atomic E-state index is 0.0394. The second-order valence-corrected chi connectivity index (χ2v) is 11.2. The number of hydrogen-bond donors (Lipinski definition) is 1. The molecule has 0 bridgehead atoms. The Morgan fingerprint density at radius 1 is 0.486 bits per heavy atom. The summed E-state index contributed by atoms with van der Waals surface area (Å²) in [5.74, 6) is 0. The Kier molecular flexibility index (Phi) is 4.02. The maximum Gasteiger partial charge on any atom is 0.0387 e. The van der Waals surface area contributed by atoms with Gasteiger partial charge in [-0.15, -0.1) is 0 Å². The Bertz CT molecular complexity index is 1650. The van der Waals surface area contributed by atoms with Crippen LogP contribution in [0.4, 0.5) is 11.4 Å². The number of nitrogens with one attached hydrogen (secondary N) is 1. The van der Waals surface area contributed by atoms with Crippen LogP contribution < -0.4 is 5.32 Å². The van der Waals surface area contributed by atoms with Gasteiger partial charge in [0, 0.05) is 22.2 Å². The minimum atomic E-state index is -0.0577. The normalized spacial score (nSPS) is 15.9. The van der Waals surface area contributed by atoms with Crippen molar-refractivity contribution in [3.8, 4) is 22.3 Å². The Balaban J connectivity index is 1.40. The predicted molar refractivity (Wildman–Crippen MR) is 149 cm³/mol. The fourth-order valence-corrected chi connectivity index (χ4v) is 6.59. The summed E-state index contributed by atoms with van der Waals surface area (Å²) in [6, 6.07) is 35.7. The van der Waals surface area contributed by atoms with Gasteiger partial charge >= 0.3 is 0 Å². The highest BCUT2D eigenvalue weighted by Crippen LogP contribution is 2.57. The zero-order chi connectivity index (χ0) is 23.9. The van der Waals surface area contributed by atoms with Gasteiger partial charge in [-0.1, -0.05) is 88.4 Å². The molecule has 2 aliphatic rings. The average molecular weight is 452 g/mol. The predicted octanol–water partition coefficient (Wildman–Crippen LogP) is 9.20. The van der Waals surface area contributed by atoms with Crippen LogP contribution in [0.2, 0.25) is 0 Å². The van der Waals surface area contributed by atoms with E-state index in [4.69, 9.17) is 0 Å². The number of anilines is 2. The molecule has 0 saturated heterocycles.